The third-order valence-electron chi connectivity index (χ3n) is 6.58. The van der Waals surface area contributed by atoms with E-state index in [4.69, 9.17) is 23.2 Å². The molecule has 0 aromatic heterocycles. The van der Waals surface area contributed by atoms with Gasteiger partial charge in [-0.2, -0.15) is 0 Å². The first kappa shape index (κ1) is 32.4. The lowest BCUT2D eigenvalue weighted by Crippen LogP contribution is -2.54. The summed E-state index contributed by atoms with van der Waals surface area (Å²) in [7, 11) is -4.16. The Kier molecular flexibility index (Phi) is 10.5. The van der Waals surface area contributed by atoms with Crippen LogP contribution in [0.3, 0.4) is 0 Å². The maximum Gasteiger partial charge on any atom is 0.264 e. The van der Waals surface area contributed by atoms with Gasteiger partial charge in [0, 0.05) is 27.7 Å². The number of para-hydroxylation sites is 1. The second kappa shape index (κ2) is 13.3. The van der Waals surface area contributed by atoms with Crippen LogP contribution in [0.2, 0.25) is 10.0 Å². The molecule has 0 heterocycles. The minimum absolute atomic E-state index is 0.0565. The number of halogens is 2. The third kappa shape index (κ3) is 8.03. The summed E-state index contributed by atoms with van der Waals surface area (Å²) < 4.78 is 29.2. The first-order valence-electron chi connectivity index (χ1n) is 13.4. The molecule has 0 spiro atoms. The van der Waals surface area contributed by atoms with E-state index in [0.717, 1.165) is 15.4 Å². The molecule has 0 fully saturated rings. The Bertz CT molecular complexity index is 1480. The summed E-state index contributed by atoms with van der Waals surface area (Å²) in [4.78, 5) is 28.8. The van der Waals surface area contributed by atoms with Gasteiger partial charge >= 0.3 is 0 Å². The molecule has 0 saturated carbocycles. The summed E-state index contributed by atoms with van der Waals surface area (Å²) in [6.07, 6.45) is 0.549. The van der Waals surface area contributed by atoms with Crippen molar-refractivity contribution in [3.05, 3.63) is 93.5 Å². The second-order valence-corrected chi connectivity index (χ2v) is 13.6. The van der Waals surface area contributed by atoms with Crippen LogP contribution in [0.25, 0.3) is 0 Å². The van der Waals surface area contributed by atoms with E-state index in [2.05, 4.69) is 5.32 Å². The molecule has 0 aliphatic heterocycles. The molecule has 1 unspecified atom stereocenters. The molecule has 0 aliphatic carbocycles. The molecule has 41 heavy (non-hydrogen) atoms. The molecular formula is C31H37Cl2N3O4S. The number of rotatable bonds is 10. The molecule has 1 atom stereocenters. The van der Waals surface area contributed by atoms with Gasteiger partial charge in [-0.3, -0.25) is 13.9 Å². The molecule has 10 heteroatoms. The number of benzene rings is 3. The van der Waals surface area contributed by atoms with Crippen molar-refractivity contribution in [2.45, 2.75) is 71.0 Å². The lowest BCUT2D eigenvalue weighted by molar-refractivity contribution is -0.140. The molecule has 7 nitrogen and oxygen atoms in total. The molecular weight excluding hydrogens is 581 g/mol. The van der Waals surface area contributed by atoms with Gasteiger partial charge < -0.3 is 10.2 Å². The van der Waals surface area contributed by atoms with Gasteiger partial charge in [-0.1, -0.05) is 72.1 Å². The summed E-state index contributed by atoms with van der Waals surface area (Å²) in [5.41, 5.74) is 1.97. The van der Waals surface area contributed by atoms with Gasteiger partial charge in [0.15, 0.2) is 0 Å². The highest BCUT2D eigenvalue weighted by atomic mass is 35.5. The van der Waals surface area contributed by atoms with E-state index in [0.29, 0.717) is 27.7 Å². The van der Waals surface area contributed by atoms with E-state index in [9.17, 15) is 18.0 Å². The average Bonchev–Trinajstić information content (AvgIpc) is 2.90. The number of sulfonamides is 1. The van der Waals surface area contributed by atoms with Gasteiger partial charge in [0.05, 0.1) is 10.6 Å². The van der Waals surface area contributed by atoms with Crippen LogP contribution in [-0.2, 0) is 32.6 Å². The van der Waals surface area contributed by atoms with Crippen molar-refractivity contribution < 1.29 is 18.0 Å². The van der Waals surface area contributed by atoms with Crippen LogP contribution < -0.4 is 9.62 Å². The molecule has 1 N–H and O–H groups in total. The lowest BCUT2D eigenvalue weighted by atomic mass is 10.1. The standard InChI is InChI=1S/C31H37Cl2N3O4S/c1-7-23-11-8-9-14-28(23)36(41(39,40)24-17-15-21(2)16-18-24)20-29(37)35(22(3)30(38)34-31(4,5)6)19-25-26(32)12-10-13-27(25)33/h8-18,22H,7,19-20H2,1-6H3,(H,34,38). The van der Waals surface area contributed by atoms with E-state index >= 15 is 0 Å². The lowest BCUT2D eigenvalue weighted by Gasteiger charge is -2.34. The van der Waals surface area contributed by atoms with Crippen LogP contribution in [-0.4, -0.2) is 43.3 Å². The minimum atomic E-state index is -4.16. The number of nitrogens with zero attached hydrogens (tertiary/aromatic N) is 2. The van der Waals surface area contributed by atoms with Crippen molar-refractivity contribution in [2.75, 3.05) is 10.8 Å². The normalized spacial score (nSPS) is 12.5. The number of aryl methyl sites for hydroxylation is 2. The van der Waals surface area contributed by atoms with E-state index in [1.165, 1.54) is 17.0 Å². The monoisotopic (exact) mass is 617 g/mol. The van der Waals surface area contributed by atoms with Crippen molar-refractivity contribution >= 4 is 50.7 Å². The quantitative estimate of drug-likeness (QED) is 0.285. The fourth-order valence-corrected chi connectivity index (χ4v) is 6.28. The number of nitrogens with one attached hydrogen (secondary N) is 1. The summed E-state index contributed by atoms with van der Waals surface area (Å²) in [5, 5.41) is 3.57. The summed E-state index contributed by atoms with van der Waals surface area (Å²) >= 11 is 12.9. The van der Waals surface area contributed by atoms with Crippen LogP contribution >= 0.6 is 23.2 Å². The van der Waals surface area contributed by atoms with Gasteiger partial charge in [-0.25, -0.2) is 8.42 Å². The number of hydrogen-bond acceptors (Lipinski definition) is 4. The Hall–Kier alpha value is -3.07. The zero-order valence-corrected chi connectivity index (χ0v) is 26.6. The Morgan fingerprint density at radius 3 is 2.07 bits per heavy atom. The van der Waals surface area contributed by atoms with Crippen molar-refractivity contribution in [2.24, 2.45) is 0 Å². The van der Waals surface area contributed by atoms with Crippen molar-refractivity contribution in [3.63, 3.8) is 0 Å². The summed E-state index contributed by atoms with van der Waals surface area (Å²) in [6, 6.07) is 17.6. The fourth-order valence-electron chi connectivity index (χ4n) is 4.31. The predicted octanol–water partition coefficient (Wildman–Crippen LogP) is 6.39. The van der Waals surface area contributed by atoms with Gasteiger partial charge in [0.25, 0.3) is 10.0 Å². The highest BCUT2D eigenvalue weighted by molar-refractivity contribution is 7.92. The topological polar surface area (TPSA) is 86.8 Å². The van der Waals surface area contributed by atoms with E-state index in [1.54, 1.807) is 49.4 Å². The van der Waals surface area contributed by atoms with Crippen LogP contribution in [0.15, 0.2) is 71.6 Å². The Morgan fingerprint density at radius 1 is 0.927 bits per heavy atom. The van der Waals surface area contributed by atoms with Gasteiger partial charge in [-0.15, -0.1) is 0 Å². The molecule has 0 aliphatic rings. The first-order valence-corrected chi connectivity index (χ1v) is 15.6. The van der Waals surface area contributed by atoms with Crippen LogP contribution in [0.4, 0.5) is 5.69 Å². The maximum absolute atomic E-state index is 14.2. The van der Waals surface area contributed by atoms with Gasteiger partial charge in [0.1, 0.15) is 12.6 Å². The summed E-state index contributed by atoms with van der Waals surface area (Å²) in [6.45, 7) is 10.3. The molecule has 2 amide bonds. The molecule has 220 valence electrons. The summed E-state index contributed by atoms with van der Waals surface area (Å²) in [5.74, 6) is -0.977. The predicted molar refractivity (Wildman–Crippen MR) is 166 cm³/mol. The van der Waals surface area contributed by atoms with E-state index in [1.807, 2.05) is 46.8 Å². The molecule has 3 aromatic rings. The SMILES string of the molecule is CCc1ccccc1N(CC(=O)N(Cc1c(Cl)cccc1Cl)C(C)C(=O)NC(C)(C)C)S(=O)(=O)c1ccc(C)cc1. The van der Waals surface area contributed by atoms with Gasteiger partial charge in [-0.05, 0) is 76.9 Å². The molecule has 3 aromatic carbocycles. The number of amides is 2. The second-order valence-electron chi connectivity index (χ2n) is 10.9. The largest absolute Gasteiger partial charge is 0.350 e. The Balaban J connectivity index is 2.12. The average molecular weight is 619 g/mol. The van der Waals surface area contributed by atoms with E-state index < -0.39 is 40.0 Å². The third-order valence-corrected chi connectivity index (χ3v) is 9.07. The number of anilines is 1. The van der Waals surface area contributed by atoms with Crippen molar-refractivity contribution in [1.29, 1.82) is 0 Å². The highest BCUT2D eigenvalue weighted by Gasteiger charge is 2.34. The Morgan fingerprint density at radius 2 is 1.51 bits per heavy atom. The number of hydrogen-bond donors (Lipinski definition) is 1. The first-order chi connectivity index (χ1) is 19.2. The van der Waals surface area contributed by atoms with Crippen LogP contribution in [0, 0.1) is 6.92 Å². The minimum Gasteiger partial charge on any atom is -0.350 e. The Labute approximate surface area is 253 Å². The zero-order valence-electron chi connectivity index (χ0n) is 24.2. The zero-order chi connectivity index (χ0) is 30.5. The van der Waals surface area contributed by atoms with Crippen LogP contribution in [0.5, 0.6) is 0 Å². The van der Waals surface area contributed by atoms with Gasteiger partial charge in [0.2, 0.25) is 11.8 Å². The molecule has 0 bridgehead atoms. The van der Waals surface area contributed by atoms with E-state index in [-0.39, 0.29) is 11.4 Å². The maximum atomic E-state index is 14.2. The fraction of sp³-hybridized carbons (Fsp3) is 0.355. The molecule has 0 radical (unpaired) electrons. The molecule has 3 rings (SSSR count). The number of carbonyl (C=O) groups excluding carboxylic acids is 2. The van der Waals surface area contributed by atoms with Crippen molar-refractivity contribution in [1.82, 2.24) is 10.2 Å². The smallest absolute Gasteiger partial charge is 0.264 e. The highest BCUT2D eigenvalue weighted by Crippen LogP contribution is 2.30. The number of carbonyl (C=O) groups is 2. The molecule has 0 saturated heterocycles. The van der Waals surface area contributed by atoms with Crippen molar-refractivity contribution in [3.8, 4) is 0 Å². The van der Waals surface area contributed by atoms with Crippen LogP contribution in [0.1, 0.15) is 51.3 Å².